The van der Waals surface area contributed by atoms with Crippen molar-refractivity contribution in [1.29, 1.82) is 0 Å². The molecule has 0 unspecified atom stereocenters. The smallest absolute Gasteiger partial charge is 0.255 e. The second-order valence-corrected chi connectivity index (χ2v) is 8.76. The van der Waals surface area contributed by atoms with E-state index in [4.69, 9.17) is 11.6 Å². The third-order valence-corrected chi connectivity index (χ3v) is 5.36. The monoisotopic (exact) mass is 371 g/mol. The summed E-state index contributed by atoms with van der Waals surface area (Å²) in [6, 6.07) is 12.3. The minimum absolute atomic E-state index is 0.118. The molecule has 2 rings (SSSR count). The second kappa shape index (κ2) is 6.74. The Kier molecular flexibility index (Phi) is 5.13. The van der Waals surface area contributed by atoms with E-state index in [-0.39, 0.29) is 10.6 Å². The quantitative estimate of drug-likeness (QED) is 0.875. The summed E-state index contributed by atoms with van der Waals surface area (Å²) in [5.74, 6) is 0. The summed E-state index contributed by atoms with van der Waals surface area (Å²) in [5.41, 5.74) is 0.841. The van der Waals surface area contributed by atoms with E-state index in [2.05, 4.69) is 4.72 Å². The van der Waals surface area contributed by atoms with Gasteiger partial charge in [-0.1, -0.05) is 29.8 Å². The van der Waals surface area contributed by atoms with Gasteiger partial charge in [0.25, 0.3) is 10.0 Å². The summed E-state index contributed by atoms with van der Waals surface area (Å²) in [6.45, 7) is 0. The summed E-state index contributed by atoms with van der Waals surface area (Å²) in [7, 11) is -7.06. The summed E-state index contributed by atoms with van der Waals surface area (Å²) >= 11 is 5.95. The Morgan fingerprint density at radius 3 is 2.13 bits per heavy atom. The van der Waals surface area contributed by atoms with Gasteiger partial charge in [0, 0.05) is 17.0 Å². The first-order valence-electron chi connectivity index (χ1n) is 6.43. The average molecular weight is 372 g/mol. The van der Waals surface area contributed by atoms with Gasteiger partial charge in [0.2, 0.25) is 0 Å². The molecule has 0 heterocycles. The zero-order chi connectivity index (χ0) is 17.1. The lowest BCUT2D eigenvalue weighted by Crippen LogP contribution is -2.09. The van der Waals surface area contributed by atoms with Crippen molar-refractivity contribution in [3.63, 3.8) is 0 Å². The van der Waals surface area contributed by atoms with E-state index in [1.807, 2.05) is 0 Å². The molecule has 122 valence electrons. The zero-order valence-electron chi connectivity index (χ0n) is 12.1. The van der Waals surface area contributed by atoms with Crippen molar-refractivity contribution in [2.75, 3.05) is 11.0 Å². The molecule has 0 atom stereocenters. The molecule has 0 aromatic heterocycles. The number of hydrogen-bond acceptors (Lipinski definition) is 4. The number of rotatable bonds is 5. The number of anilines is 1. The molecule has 23 heavy (non-hydrogen) atoms. The Hall–Kier alpha value is -1.83. The second-order valence-electron chi connectivity index (χ2n) is 4.77. The lowest BCUT2D eigenvalue weighted by molar-refractivity contribution is 0.601. The average Bonchev–Trinajstić information content (AvgIpc) is 2.46. The van der Waals surface area contributed by atoms with Crippen LogP contribution in [-0.4, -0.2) is 23.1 Å². The molecule has 0 fully saturated rings. The van der Waals surface area contributed by atoms with E-state index in [1.54, 1.807) is 24.3 Å². The predicted molar refractivity (Wildman–Crippen MR) is 92.6 cm³/mol. The van der Waals surface area contributed by atoms with Crippen molar-refractivity contribution in [2.45, 2.75) is 4.90 Å². The first kappa shape index (κ1) is 17.5. The van der Waals surface area contributed by atoms with Gasteiger partial charge in [-0.2, -0.15) is 0 Å². The first-order chi connectivity index (χ1) is 10.7. The molecule has 1 N–H and O–H groups in total. The highest BCUT2D eigenvalue weighted by atomic mass is 35.5. The van der Waals surface area contributed by atoms with Crippen molar-refractivity contribution in [3.8, 4) is 0 Å². The maximum Gasteiger partial charge on any atom is 0.255 e. The topological polar surface area (TPSA) is 80.3 Å². The van der Waals surface area contributed by atoms with Crippen molar-refractivity contribution < 1.29 is 16.8 Å². The van der Waals surface area contributed by atoms with Gasteiger partial charge in [0.05, 0.1) is 10.3 Å². The van der Waals surface area contributed by atoms with Crippen molar-refractivity contribution >= 4 is 43.2 Å². The fourth-order valence-corrected chi connectivity index (χ4v) is 3.43. The third-order valence-electron chi connectivity index (χ3n) is 2.87. The van der Waals surface area contributed by atoms with Crippen LogP contribution in [0.4, 0.5) is 5.69 Å². The fourth-order valence-electron chi connectivity index (χ4n) is 1.74. The lowest BCUT2D eigenvalue weighted by Gasteiger charge is -2.05. The van der Waals surface area contributed by atoms with Gasteiger partial charge in [-0.25, -0.2) is 16.8 Å². The van der Waals surface area contributed by atoms with Crippen molar-refractivity contribution in [1.82, 2.24) is 0 Å². The van der Waals surface area contributed by atoms with Gasteiger partial charge in [0.1, 0.15) is 0 Å². The van der Waals surface area contributed by atoms with Crippen LogP contribution < -0.4 is 4.72 Å². The molecule has 0 bridgehead atoms. The maximum atomic E-state index is 12.0. The van der Waals surface area contributed by atoms with Gasteiger partial charge in [-0.3, -0.25) is 4.72 Å². The highest BCUT2D eigenvalue weighted by Gasteiger charge is 2.09. The SMILES string of the molecule is CS(=O)(=O)c1ccc(NS(=O)(=O)C=Cc2ccccc2Cl)cc1. The molecule has 0 saturated heterocycles. The molecule has 0 aliphatic heterocycles. The van der Waals surface area contributed by atoms with Crippen LogP contribution in [0.1, 0.15) is 5.56 Å². The molecular formula is C15H14ClNO4S2. The standard InChI is InChI=1S/C15H14ClNO4S2/c1-22(18,19)14-8-6-13(7-9-14)17-23(20,21)11-10-12-4-2-3-5-15(12)16/h2-11,17H,1H3. The highest BCUT2D eigenvalue weighted by Crippen LogP contribution is 2.18. The van der Waals surface area contributed by atoms with Gasteiger partial charge < -0.3 is 0 Å². The van der Waals surface area contributed by atoms with Crippen LogP contribution in [0.2, 0.25) is 5.02 Å². The number of sulfone groups is 1. The summed E-state index contributed by atoms with van der Waals surface area (Å²) in [5, 5.41) is 1.44. The number of halogens is 1. The molecule has 0 radical (unpaired) electrons. The van der Waals surface area contributed by atoms with Crippen LogP contribution in [0.5, 0.6) is 0 Å². The molecular weight excluding hydrogens is 358 g/mol. The van der Waals surface area contributed by atoms with E-state index in [0.717, 1.165) is 11.7 Å². The van der Waals surface area contributed by atoms with E-state index >= 15 is 0 Å². The van der Waals surface area contributed by atoms with Crippen molar-refractivity contribution in [2.24, 2.45) is 0 Å². The third kappa shape index (κ3) is 5.09. The minimum Gasteiger partial charge on any atom is -0.280 e. The highest BCUT2D eigenvalue weighted by molar-refractivity contribution is 7.95. The van der Waals surface area contributed by atoms with E-state index in [1.165, 1.54) is 30.3 Å². The Labute approximate surface area is 140 Å². The van der Waals surface area contributed by atoms with Gasteiger partial charge in [-0.15, -0.1) is 0 Å². The first-order valence-corrected chi connectivity index (χ1v) is 10.2. The molecule has 2 aromatic carbocycles. The molecule has 0 spiro atoms. The van der Waals surface area contributed by atoms with Gasteiger partial charge in [0.15, 0.2) is 9.84 Å². The van der Waals surface area contributed by atoms with Crippen LogP contribution in [0, 0.1) is 0 Å². The molecule has 0 aliphatic carbocycles. The fraction of sp³-hybridized carbons (Fsp3) is 0.0667. The maximum absolute atomic E-state index is 12.0. The molecule has 0 amide bonds. The lowest BCUT2D eigenvalue weighted by atomic mass is 10.2. The summed E-state index contributed by atoms with van der Waals surface area (Å²) < 4.78 is 49.1. The van der Waals surface area contributed by atoms with Crippen LogP contribution in [0.3, 0.4) is 0 Å². The molecule has 0 aliphatic rings. The minimum atomic E-state index is -3.74. The summed E-state index contributed by atoms with van der Waals surface area (Å²) in [6.07, 6.45) is 2.47. The Morgan fingerprint density at radius 2 is 1.57 bits per heavy atom. The van der Waals surface area contributed by atoms with E-state index in [0.29, 0.717) is 10.6 Å². The number of sulfonamides is 1. The molecule has 0 saturated carbocycles. The molecule has 2 aromatic rings. The van der Waals surface area contributed by atoms with E-state index in [9.17, 15) is 16.8 Å². The Bertz CT molecular complexity index is 934. The van der Waals surface area contributed by atoms with Crippen molar-refractivity contribution in [3.05, 3.63) is 64.5 Å². The predicted octanol–water partition coefficient (Wildman–Crippen LogP) is 3.16. The number of benzene rings is 2. The Morgan fingerprint density at radius 1 is 0.957 bits per heavy atom. The largest absolute Gasteiger partial charge is 0.280 e. The zero-order valence-corrected chi connectivity index (χ0v) is 14.5. The van der Waals surface area contributed by atoms with Gasteiger partial charge >= 0.3 is 0 Å². The number of hydrogen-bond donors (Lipinski definition) is 1. The number of nitrogens with one attached hydrogen (secondary N) is 1. The Balaban J connectivity index is 2.17. The van der Waals surface area contributed by atoms with Gasteiger partial charge in [-0.05, 0) is 42.0 Å². The van der Waals surface area contributed by atoms with Crippen LogP contribution in [-0.2, 0) is 19.9 Å². The van der Waals surface area contributed by atoms with Crippen LogP contribution >= 0.6 is 11.6 Å². The van der Waals surface area contributed by atoms with Crippen LogP contribution in [0.25, 0.3) is 6.08 Å². The summed E-state index contributed by atoms with van der Waals surface area (Å²) in [4.78, 5) is 0.118. The van der Waals surface area contributed by atoms with E-state index < -0.39 is 19.9 Å². The van der Waals surface area contributed by atoms with Crippen LogP contribution in [0.15, 0.2) is 58.8 Å². The molecule has 8 heteroatoms. The molecule has 5 nitrogen and oxygen atoms in total. The normalized spacial score (nSPS) is 12.4.